The summed E-state index contributed by atoms with van der Waals surface area (Å²) in [5.41, 5.74) is 0. The summed E-state index contributed by atoms with van der Waals surface area (Å²) < 4.78 is 1.15. The SMILES string of the molecule is CCN(CI)CCCNC. The van der Waals surface area contributed by atoms with Gasteiger partial charge in [-0.05, 0) is 26.6 Å². The van der Waals surface area contributed by atoms with Crippen LogP contribution in [0.5, 0.6) is 0 Å². The fraction of sp³-hybridized carbons (Fsp3) is 1.00. The van der Waals surface area contributed by atoms with Crippen LogP contribution < -0.4 is 5.32 Å². The van der Waals surface area contributed by atoms with Crippen molar-refractivity contribution in [2.75, 3.05) is 31.2 Å². The molecule has 3 heteroatoms. The summed E-state index contributed by atoms with van der Waals surface area (Å²) in [6.45, 7) is 5.73. The molecule has 0 atom stereocenters. The molecule has 1 N–H and O–H groups in total. The number of hydrogen-bond donors (Lipinski definition) is 1. The molecule has 0 amide bonds. The van der Waals surface area contributed by atoms with E-state index in [1.807, 2.05) is 7.05 Å². The number of nitrogens with zero attached hydrogens (tertiary/aromatic N) is 1. The molecule has 2 nitrogen and oxygen atoms in total. The molecule has 0 rings (SSSR count). The van der Waals surface area contributed by atoms with Gasteiger partial charge >= 0.3 is 0 Å². The molecule has 10 heavy (non-hydrogen) atoms. The number of hydrogen-bond acceptors (Lipinski definition) is 2. The van der Waals surface area contributed by atoms with Crippen LogP contribution in [0.25, 0.3) is 0 Å². The molecule has 0 bridgehead atoms. The minimum Gasteiger partial charge on any atom is -0.320 e. The largest absolute Gasteiger partial charge is 0.320 e. The first-order valence-electron chi connectivity index (χ1n) is 3.78. The lowest BCUT2D eigenvalue weighted by molar-refractivity contribution is 0.339. The van der Waals surface area contributed by atoms with E-state index in [9.17, 15) is 0 Å². The van der Waals surface area contributed by atoms with Gasteiger partial charge in [-0.1, -0.05) is 29.5 Å². The second-order valence-electron chi connectivity index (χ2n) is 2.29. The Bertz CT molecular complexity index is 64.6. The molecule has 0 aliphatic carbocycles. The third-order valence-electron chi connectivity index (χ3n) is 1.52. The van der Waals surface area contributed by atoms with Crippen molar-refractivity contribution in [2.45, 2.75) is 13.3 Å². The monoisotopic (exact) mass is 256 g/mol. The Hall–Kier alpha value is 0.650. The summed E-state index contributed by atoms with van der Waals surface area (Å²) >= 11 is 2.41. The Morgan fingerprint density at radius 2 is 2.20 bits per heavy atom. The Morgan fingerprint density at radius 3 is 2.60 bits per heavy atom. The van der Waals surface area contributed by atoms with Gasteiger partial charge in [-0.15, -0.1) is 0 Å². The lowest BCUT2D eigenvalue weighted by Gasteiger charge is -2.16. The van der Waals surface area contributed by atoms with Crippen LogP contribution in [0.1, 0.15) is 13.3 Å². The molecule has 0 radical (unpaired) electrons. The molecular weight excluding hydrogens is 239 g/mol. The van der Waals surface area contributed by atoms with E-state index in [0.29, 0.717) is 0 Å². The summed E-state index contributed by atoms with van der Waals surface area (Å²) in [6, 6.07) is 0. The van der Waals surface area contributed by atoms with Gasteiger partial charge in [-0.2, -0.15) is 0 Å². The van der Waals surface area contributed by atoms with Crippen LogP contribution in [0.4, 0.5) is 0 Å². The Labute approximate surface area is 77.5 Å². The third-order valence-corrected chi connectivity index (χ3v) is 2.48. The van der Waals surface area contributed by atoms with E-state index < -0.39 is 0 Å². The molecule has 0 fully saturated rings. The Kier molecular flexibility index (Phi) is 8.26. The molecule has 0 aromatic carbocycles. The molecule has 0 saturated carbocycles. The van der Waals surface area contributed by atoms with Gasteiger partial charge in [0.05, 0.1) is 4.55 Å². The molecule has 0 unspecified atom stereocenters. The molecule has 0 aromatic heterocycles. The van der Waals surface area contributed by atoms with Crippen molar-refractivity contribution in [3.05, 3.63) is 0 Å². The smallest absolute Gasteiger partial charge is 0.0505 e. The zero-order valence-corrected chi connectivity index (χ0v) is 9.02. The van der Waals surface area contributed by atoms with Crippen LogP contribution in [-0.4, -0.2) is 36.1 Å². The first-order chi connectivity index (χ1) is 4.85. The quantitative estimate of drug-likeness (QED) is 0.333. The van der Waals surface area contributed by atoms with E-state index in [0.717, 1.165) is 11.1 Å². The van der Waals surface area contributed by atoms with E-state index in [1.165, 1.54) is 19.5 Å². The van der Waals surface area contributed by atoms with Gasteiger partial charge in [0.2, 0.25) is 0 Å². The topological polar surface area (TPSA) is 15.3 Å². The maximum atomic E-state index is 3.14. The van der Waals surface area contributed by atoms with Crippen molar-refractivity contribution in [1.82, 2.24) is 10.2 Å². The zero-order chi connectivity index (χ0) is 7.82. The molecule has 0 saturated heterocycles. The second-order valence-corrected chi connectivity index (χ2v) is 2.97. The van der Waals surface area contributed by atoms with E-state index in [2.05, 4.69) is 39.7 Å². The summed E-state index contributed by atoms with van der Waals surface area (Å²) in [5.74, 6) is 0. The summed E-state index contributed by atoms with van der Waals surface area (Å²) in [7, 11) is 2.00. The number of rotatable bonds is 6. The van der Waals surface area contributed by atoms with E-state index in [4.69, 9.17) is 0 Å². The van der Waals surface area contributed by atoms with Gasteiger partial charge in [0.15, 0.2) is 0 Å². The van der Waals surface area contributed by atoms with Gasteiger partial charge in [-0.3, -0.25) is 4.90 Å². The molecule has 0 heterocycles. The summed E-state index contributed by atoms with van der Waals surface area (Å²) in [6.07, 6.45) is 1.26. The highest BCUT2D eigenvalue weighted by Crippen LogP contribution is 1.94. The first kappa shape index (κ1) is 10.7. The Balaban J connectivity index is 3.09. The molecule has 0 spiro atoms. The molecule has 0 aromatic rings. The van der Waals surface area contributed by atoms with Crippen molar-refractivity contribution in [2.24, 2.45) is 0 Å². The average Bonchev–Trinajstić information content (AvgIpc) is 1.99. The van der Waals surface area contributed by atoms with E-state index in [1.54, 1.807) is 0 Å². The van der Waals surface area contributed by atoms with Crippen molar-refractivity contribution < 1.29 is 0 Å². The summed E-state index contributed by atoms with van der Waals surface area (Å²) in [4.78, 5) is 2.43. The highest BCUT2D eigenvalue weighted by atomic mass is 127. The number of nitrogens with one attached hydrogen (secondary N) is 1. The van der Waals surface area contributed by atoms with Gasteiger partial charge in [0.1, 0.15) is 0 Å². The maximum absolute atomic E-state index is 3.14. The first-order valence-corrected chi connectivity index (χ1v) is 5.30. The molecule has 0 aliphatic heterocycles. The van der Waals surface area contributed by atoms with Crippen molar-refractivity contribution in [3.63, 3.8) is 0 Å². The van der Waals surface area contributed by atoms with Crippen LogP contribution in [0.15, 0.2) is 0 Å². The van der Waals surface area contributed by atoms with Gasteiger partial charge in [0.25, 0.3) is 0 Å². The van der Waals surface area contributed by atoms with E-state index >= 15 is 0 Å². The lowest BCUT2D eigenvalue weighted by atomic mass is 10.4. The Morgan fingerprint density at radius 1 is 1.50 bits per heavy atom. The lowest BCUT2D eigenvalue weighted by Crippen LogP contribution is -2.25. The van der Waals surface area contributed by atoms with Gasteiger partial charge < -0.3 is 5.32 Å². The van der Waals surface area contributed by atoms with Crippen LogP contribution in [0.3, 0.4) is 0 Å². The van der Waals surface area contributed by atoms with Crippen LogP contribution in [0, 0.1) is 0 Å². The average molecular weight is 256 g/mol. The van der Waals surface area contributed by atoms with Crippen molar-refractivity contribution in [1.29, 1.82) is 0 Å². The van der Waals surface area contributed by atoms with Crippen molar-refractivity contribution in [3.8, 4) is 0 Å². The van der Waals surface area contributed by atoms with Crippen LogP contribution in [0.2, 0.25) is 0 Å². The fourth-order valence-electron chi connectivity index (χ4n) is 0.782. The molecule has 0 aliphatic rings. The minimum atomic E-state index is 1.13. The van der Waals surface area contributed by atoms with Crippen LogP contribution in [-0.2, 0) is 0 Å². The molecular formula is C7H17IN2. The molecule has 62 valence electrons. The summed E-state index contributed by atoms with van der Waals surface area (Å²) in [5, 5.41) is 3.14. The predicted octanol–water partition coefficient (Wildman–Crippen LogP) is 1.31. The fourth-order valence-corrected chi connectivity index (χ4v) is 1.61. The normalized spacial score (nSPS) is 10.8. The third kappa shape index (κ3) is 5.44. The number of alkyl halides is 1. The van der Waals surface area contributed by atoms with Gasteiger partial charge in [-0.25, -0.2) is 0 Å². The van der Waals surface area contributed by atoms with Crippen LogP contribution >= 0.6 is 22.6 Å². The highest BCUT2D eigenvalue weighted by molar-refractivity contribution is 14.1. The minimum absolute atomic E-state index is 1.13. The van der Waals surface area contributed by atoms with Gasteiger partial charge in [0, 0.05) is 6.54 Å². The highest BCUT2D eigenvalue weighted by Gasteiger charge is 1.96. The standard InChI is InChI=1S/C7H17IN2/c1-3-10(7-8)6-4-5-9-2/h9H,3-7H2,1-2H3. The van der Waals surface area contributed by atoms with E-state index in [-0.39, 0.29) is 0 Å². The number of halogens is 1. The second kappa shape index (κ2) is 7.75. The van der Waals surface area contributed by atoms with Crippen molar-refractivity contribution >= 4 is 22.6 Å². The predicted molar refractivity (Wildman–Crippen MR) is 54.7 cm³/mol. The maximum Gasteiger partial charge on any atom is 0.0505 e. The zero-order valence-electron chi connectivity index (χ0n) is 6.86.